The van der Waals surface area contributed by atoms with Gasteiger partial charge >= 0.3 is 0 Å². The van der Waals surface area contributed by atoms with Gasteiger partial charge in [-0.25, -0.2) is 9.97 Å². The maximum absolute atomic E-state index is 5.80. The number of aryl methyl sites for hydroxylation is 1. The van der Waals surface area contributed by atoms with Gasteiger partial charge in [-0.2, -0.15) is 0 Å². The zero-order valence-corrected chi connectivity index (χ0v) is 11.0. The fraction of sp³-hybridized carbons (Fsp3) is 0.385. The van der Waals surface area contributed by atoms with Crippen LogP contribution in [0, 0.1) is 6.92 Å². The van der Waals surface area contributed by atoms with E-state index in [9.17, 15) is 0 Å². The normalized spacial score (nSPS) is 12.6. The Hall–Kier alpha value is -1.26. The van der Waals surface area contributed by atoms with Gasteiger partial charge in [0.15, 0.2) is 0 Å². The molecule has 90 valence electrons. The number of rotatable bonds is 4. The van der Waals surface area contributed by atoms with Gasteiger partial charge in [0.05, 0.1) is 0 Å². The average molecular weight is 247 g/mol. The Kier molecular flexibility index (Phi) is 3.86. The third kappa shape index (κ3) is 3.61. The molecule has 2 aromatic heterocycles. The van der Waals surface area contributed by atoms with Gasteiger partial charge < -0.3 is 5.73 Å². The molecule has 1 unspecified atom stereocenters. The SMILES string of the molecule is Cc1cc(CC(C)N)nc(Cc2cccs2)n1. The van der Waals surface area contributed by atoms with E-state index in [2.05, 4.69) is 27.5 Å². The molecule has 2 rings (SSSR count). The first-order valence-corrected chi connectivity index (χ1v) is 6.63. The highest BCUT2D eigenvalue weighted by molar-refractivity contribution is 7.09. The largest absolute Gasteiger partial charge is 0.328 e. The molecule has 0 bridgehead atoms. The molecule has 0 fully saturated rings. The predicted octanol–water partition coefficient (Wildman–Crippen LogP) is 2.33. The van der Waals surface area contributed by atoms with Crippen molar-refractivity contribution < 1.29 is 0 Å². The predicted molar refractivity (Wildman–Crippen MR) is 71.2 cm³/mol. The molecule has 1 atom stereocenters. The van der Waals surface area contributed by atoms with E-state index < -0.39 is 0 Å². The highest BCUT2D eigenvalue weighted by Crippen LogP contribution is 2.13. The lowest BCUT2D eigenvalue weighted by Crippen LogP contribution is -2.19. The summed E-state index contributed by atoms with van der Waals surface area (Å²) in [6.45, 7) is 4.00. The van der Waals surface area contributed by atoms with Crippen LogP contribution in [0.3, 0.4) is 0 Å². The molecule has 0 aromatic carbocycles. The van der Waals surface area contributed by atoms with E-state index in [1.165, 1.54) is 4.88 Å². The van der Waals surface area contributed by atoms with Crippen molar-refractivity contribution in [3.63, 3.8) is 0 Å². The molecule has 0 saturated carbocycles. The van der Waals surface area contributed by atoms with Crippen LogP contribution in [-0.2, 0) is 12.8 Å². The smallest absolute Gasteiger partial charge is 0.134 e. The van der Waals surface area contributed by atoms with Crippen LogP contribution in [0.2, 0.25) is 0 Å². The Labute approximate surface area is 106 Å². The molecule has 3 nitrogen and oxygen atoms in total. The quantitative estimate of drug-likeness (QED) is 0.902. The fourth-order valence-electron chi connectivity index (χ4n) is 1.78. The van der Waals surface area contributed by atoms with Gasteiger partial charge in [0.25, 0.3) is 0 Å². The summed E-state index contributed by atoms with van der Waals surface area (Å²) >= 11 is 1.74. The van der Waals surface area contributed by atoms with Crippen molar-refractivity contribution in [2.45, 2.75) is 32.7 Å². The van der Waals surface area contributed by atoms with Gasteiger partial charge in [0.1, 0.15) is 5.82 Å². The van der Waals surface area contributed by atoms with Gasteiger partial charge in [-0.1, -0.05) is 6.07 Å². The second-order valence-electron chi connectivity index (χ2n) is 4.35. The van der Waals surface area contributed by atoms with Gasteiger partial charge in [0.2, 0.25) is 0 Å². The molecule has 0 aliphatic heterocycles. The maximum Gasteiger partial charge on any atom is 0.134 e. The maximum atomic E-state index is 5.80. The van der Waals surface area contributed by atoms with E-state index in [-0.39, 0.29) is 6.04 Å². The monoisotopic (exact) mass is 247 g/mol. The van der Waals surface area contributed by atoms with Crippen LogP contribution in [-0.4, -0.2) is 16.0 Å². The van der Waals surface area contributed by atoms with E-state index in [1.54, 1.807) is 11.3 Å². The summed E-state index contributed by atoms with van der Waals surface area (Å²) < 4.78 is 0. The first-order valence-electron chi connectivity index (χ1n) is 5.75. The number of thiophene rings is 1. The summed E-state index contributed by atoms with van der Waals surface area (Å²) in [5, 5.41) is 2.08. The number of hydrogen-bond donors (Lipinski definition) is 1. The van der Waals surface area contributed by atoms with Crippen LogP contribution in [0.5, 0.6) is 0 Å². The topological polar surface area (TPSA) is 51.8 Å². The van der Waals surface area contributed by atoms with Crippen molar-refractivity contribution in [1.82, 2.24) is 9.97 Å². The number of hydrogen-bond acceptors (Lipinski definition) is 4. The number of nitrogens with two attached hydrogens (primary N) is 1. The van der Waals surface area contributed by atoms with Crippen molar-refractivity contribution in [2.24, 2.45) is 5.73 Å². The molecule has 2 aromatic rings. The van der Waals surface area contributed by atoms with Crippen LogP contribution >= 0.6 is 11.3 Å². The lowest BCUT2D eigenvalue weighted by Gasteiger charge is -2.07. The zero-order chi connectivity index (χ0) is 12.3. The molecule has 17 heavy (non-hydrogen) atoms. The minimum absolute atomic E-state index is 0.138. The molecule has 0 aliphatic carbocycles. The van der Waals surface area contributed by atoms with Crippen LogP contribution in [0.1, 0.15) is 29.0 Å². The van der Waals surface area contributed by atoms with Crippen molar-refractivity contribution in [2.75, 3.05) is 0 Å². The van der Waals surface area contributed by atoms with Crippen LogP contribution in [0.4, 0.5) is 0 Å². The third-order valence-electron chi connectivity index (χ3n) is 2.40. The summed E-state index contributed by atoms with van der Waals surface area (Å²) in [4.78, 5) is 10.3. The van der Waals surface area contributed by atoms with Crippen molar-refractivity contribution in [3.05, 3.63) is 45.7 Å². The standard InChI is InChI=1S/C13H17N3S/c1-9(14)6-11-7-10(2)15-13(16-11)8-12-4-3-5-17-12/h3-5,7,9H,6,8,14H2,1-2H3. The number of nitrogens with zero attached hydrogens (tertiary/aromatic N) is 2. The van der Waals surface area contributed by atoms with Gasteiger partial charge in [-0.3, -0.25) is 0 Å². The molecule has 0 radical (unpaired) electrons. The third-order valence-corrected chi connectivity index (χ3v) is 3.27. The lowest BCUT2D eigenvalue weighted by molar-refractivity contribution is 0.712. The second-order valence-corrected chi connectivity index (χ2v) is 5.39. The average Bonchev–Trinajstić information content (AvgIpc) is 2.67. The zero-order valence-electron chi connectivity index (χ0n) is 10.2. The molecule has 0 aliphatic rings. The molecule has 2 heterocycles. The van der Waals surface area contributed by atoms with E-state index in [4.69, 9.17) is 5.73 Å². The van der Waals surface area contributed by atoms with E-state index in [1.807, 2.05) is 19.9 Å². The highest BCUT2D eigenvalue weighted by Gasteiger charge is 2.06. The Balaban J connectivity index is 2.19. The van der Waals surface area contributed by atoms with E-state index in [0.717, 1.165) is 30.1 Å². The molecule has 4 heteroatoms. The Bertz CT molecular complexity index is 477. The summed E-state index contributed by atoms with van der Waals surface area (Å²) in [5.74, 6) is 0.892. The van der Waals surface area contributed by atoms with Crippen molar-refractivity contribution >= 4 is 11.3 Å². The summed E-state index contributed by atoms with van der Waals surface area (Å²) in [5.41, 5.74) is 7.86. The van der Waals surface area contributed by atoms with Crippen molar-refractivity contribution in [1.29, 1.82) is 0 Å². The number of aromatic nitrogens is 2. The summed E-state index contributed by atoms with van der Waals surface area (Å²) in [6, 6.07) is 6.32. The first kappa shape index (κ1) is 12.2. The van der Waals surface area contributed by atoms with E-state index in [0.29, 0.717) is 0 Å². The Morgan fingerprint density at radius 3 is 2.88 bits per heavy atom. The van der Waals surface area contributed by atoms with Crippen LogP contribution < -0.4 is 5.73 Å². The van der Waals surface area contributed by atoms with Crippen LogP contribution in [0.25, 0.3) is 0 Å². The molecule has 2 N–H and O–H groups in total. The van der Waals surface area contributed by atoms with Crippen molar-refractivity contribution in [3.8, 4) is 0 Å². The molecular formula is C13H17N3S. The van der Waals surface area contributed by atoms with E-state index >= 15 is 0 Å². The van der Waals surface area contributed by atoms with Crippen LogP contribution in [0.15, 0.2) is 23.6 Å². The minimum Gasteiger partial charge on any atom is -0.328 e. The summed E-state index contributed by atoms with van der Waals surface area (Å²) in [7, 11) is 0. The summed E-state index contributed by atoms with van der Waals surface area (Å²) in [6.07, 6.45) is 1.62. The lowest BCUT2D eigenvalue weighted by atomic mass is 10.1. The van der Waals surface area contributed by atoms with Gasteiger partial charge in [-0.05, 0) is 31.4 Å². The second kappa shape index (κ2) is 5.38. The molecule has 0 saturated heterocycles. The minimum atomic E-state index is 0.138. The highest BCUT2D eigenvalue weighted by atomic mass is 32.1. The molecular weight excluding hydrogens is 230 g/mol. The van der Waals surface area contributed by atoms with Gasteiger partial charge in [-0.15, -0.1) is 11.3 Å². The first-order chi connectivity index (χ1) is 8.13. The Morgan fingerprint density at radius 1 is 1.41 bits per heavy atom. The molecule has 0 amide bonds. The fourth-order valence-corrected chi connectivity index (χ4v) is 2.48. The Morgan fingerprint density at radius 2 is 2.24 bits per heavy atom. The van der Waals surface area contributed by atoms with Gasteiger partial charge in [0, 0.05) is 35.1 Å². The molecule has 0 spiro atoms.